The topological polar surface area (TPSA) is 26.0 Å². The molecule has 2 N–H and O–H groups in total. The molecule has 0 saturated carbocycles. The van der Waals surface area contributed by atoms with Crippen LogP contribution in [0.2, 0.25) is 0 Å². The molecule has 0 radical (unpaired) electrons. The maximum atomic E-state index is 13.3. The van der Waals surface area contributed by atoms with Gasteiger partial charge in [0.2, 0.25) is 0 Å². The fraction of sp³-hybridized carbons (Fsp3) is 0.111. The van der Waals surface area contributed by atoms with Gasteiger partial charge in [0.05, 0.1) is 9.70 Å². The molecule has 0 aliphatic rings. The highest BCUT2D eigenvalue weighted by Crippen LogP contribution is 2.32. The largest absolute Gasteiger partial charge is 0.391 e. The van der Waals surface area contributed by atoms with Crippen molar-refractivity contribution in [3.63, 3.8) is 0 Å². The molecule has 2 aromatic rings. The Bertz CT molecular complexity index is 452. The molecule has 0 bridgehead atoms. The van der Waals surface area contributed by atoms with Crippen molar-refractivity contribution in [1.82, 2.24) is 0 Å². The lowest BCUT2D eigenvalue weighted by Crippen LogP contribution is -1.80. The number of anilines is 1. The van der Waals surface area contributed by atoms with Crippen LogP contribution in [0.3, 0.4) is 0 Å². The minimum absolute atomic E-state index is 0.193. The van der Waals surface area contributed by atoms with Gasteiger partial charge in [0.25, 0.3) is 0 Å². The van der Waals surface area contributed by atoms with E-state index in [0.717, 1.165) is 16.3 Å². The summed E-state index contributed by atoms with van der Waals surface area (Å²) in [4.78, 5) is 0. The first-order chi connectivity index (χ1) is 6.22. The number of nitrogen functional groups attached to an aromatic ring is 1. The van der Waals surface area contributed by atoms with E-state index in [1.807, 2.05) is 6.07 Å². The monoisotopic (exact) mass is 259 g/mol. The molecule has 68 valence electrons. The molecule has 0 aliphatic heterocycles. The number of halogens is 2. The molecule has 0 saturated heterocycles. The molecule has 4 heteroatoms. The first kappa shape index (κ1) is 8.97. The Labute approximate surface area is 87.5 Å². The van der Waals surface area contributed by atoms with Crippen molar-refractivity contribution in [2.45, 2.75) is 5.33 Å². The van der Waals surface area contributed by atoms with Gasteiger partial charge in [-0.05, 0) is 17.7 Å². The predicted molar refractivity (Wildman–Crippen MR) is 58.8 cm³/mol. The van der Waals surface area contributed by atoms with Crippen LogP contribution in [-0.2, 0) is 5.33 Å². The van der Waals surface area contributed by atoms with E-state index in [1.54, 1.807) is 6.07 Å². The molecule has 0 aliphatic carbocycles. The van der Waals surface area contributed by atoms with Crippen molar-refractivity contribution in [3.05, 3.63) is 29.6 Å². The number of fused-ring (bicyclic) bond motifs is 1. The Morgan fingerprint density at radius 2 is 2.23 bits per heavy atom. The number of benzene rings is 1. The van der Waals surface area contributed by atoms with Gasteiger partial charge in [-0.25, -0.2) is 4.39 Å². The zero-order valence-corrected chi connectivity index (χ0v) is 9.08. The van der Waals surface area contributed by atoms with E-state index in [0.29, 0.717) is 9.70 Å². The first-order valence-electron chi connectivity index (χ1n) is 3.74. The number of hydrogen-bond acceptors (Lipinski definition) is 2. The minimum atomic E-state index is -0.193. The van der Waals surface area contributed by atoms with Crippen LogP contribution >= 0.6 is 27.3 Å². The number of hydrogen-bond donors (Lipinski definition) is 1. The fourth-order valence-corrected chi connectivity index (χ4v) is 2.65. The van der Waals surface area contributed by atoms with Crippen molar-refractivity contribution < 1.29 is 4.39 Å². The first-order valence-corrected chi connectivity index (χ1v) is 5.68. The summed E-state index contributed by atoms with van der Waals surface area (Å²) in [6.45, 7) is 0. The number of alkyl halides is 1. The van der Waals surface area contributed by atoms with Crippen LogP contribution in [0.5, 0.6) is 0 Å². The SMILES string of the molecule is Nc1cc2c(CBr)ccc(F)c2s1. The lowest BCUT2D eigenvalue weighted by Gasteiger charge is -1.97. The summed E-state index contributed by atoms with van der Waals surface area (Å²) in [6.07, 6.45) is 0. The van der Waals surface area contributed by atoms with E-state index in [4.69, 9.17) is 5.73 Å². The van der Waals surface area contributed by atoms with E-state index >= 15 is 0 Å². The summed E-state index contributed by atoms with van der Waals surface area (Å²) in [7, 11) is 0. The van der Waals surface area contributed by atoms with Crippen molar-refractivity contribution in [2.24, 2.45) is 0 Å². The highest BCUT2D eigenvalue weighted by molar-refractivity contribution is 9.08. The molecule has 1 heterocycles. The quantitative estimate of drug-likeness (QED) is 0.780. The summed E-state index contributed by atoms with van der Waals surface area (Å²) in [5.74, 6) is -0.193. The minimum Gasteiger partial charge on any atom is -0.391 e. The number of nitrogens with two attached hydrogens (primary N) is 1. The normalized spacial score (nSPS) is 10.9. The Morgan fingerprint density at radius 3 is 2.92 bits per heavy atom. The van der Waals surface area contributed by atoms with E-state index in [1.165, 1.54) is 17.4 Å². The van der Waals surface area contributed by atoms with E-state index in [2.05, 4.69) is 15.9 Å². The lowest BCUT2D eigenvalue weighted by atomic mass is 10.1. The van der Waals surface area contributed by atoms with Crippen LogP contribution < -0.4 is 5.73 Å². The molecule has 0 unspecified atom stereocenters. The summed E-state index contributed by atoms with van der Waals surface area (Å²) in [5, 5.41) is 2.29. The molecule has 0 fully saturated rings. The van der Waals surface area contributed by atoms with Gasteiger partial charge < -0.3 is 5.73 Å². The second-order valence-electron chi connectivity index (χ2n) is 2.73. The predicted octanol–water partition coefficient (Wildman–Crippen LogP) is 3.52. The Morgan fingerprint density at radius 1 is 1.46 bits per heavy atom. The van der Waals surface area contributed by atoms with Crippen molar-refractivity contribution >= 4 is 42.4 Å². The van der Waals surface area contributed by atoms with E-state index in [-0.39, 0.29) is 5.82 Å². The fourth-order valence-electron chi connectivity index (χ4n) is 1.28. The molecule has 0 amide bonds. The molecule has 0 spiro atoms. The summed E-state index contributed by atoms with van der Waals surface area (Å²) < 4.78 is 13.9. The zero-order valence-electron chi connectivity index (χ0n) is 6.68. The molecule has 13 heavy (non-hydrogen) atoms. The van der Waals surface area contributed by atoms with Crippen LogP contribution in [-0.4, -0.2) is 0 Å². The average molecular weight is 260 g/mol. The maximum Gasteiger partial charge on any atom is 0.141 e. The van der Waals surface area contributed by atoms with Crippen LogP contribution in [0.25, 0.3) is 10.1 Å². The van der Waals surface area contributed by atoms with Crippen LogP contribution in [0.4, 0.5) is 9.39 Å². The second-order valence-corrected chi connectivity index (χ2v) is 4.38. The van der Waals surface area contributed by atoms with Gasteiger partial charge in [-0.15, -0.1) is 11.3 Å². The molecular formula is C9H7BrFNS. The molecule has 2 rings (SSSR count). The second kappa shape index (κ2) is 3.27. The Kier molecular flexibility index (Phi) is 2.26. The summed E-state index contributed by atoms with van der Waals surface area (Å²) in [5.41, 5.74) is 6.69. The highest BCUT2D eigenvalue weighted by Gasteiger charge is 2.08. The maximum absolute atomic E-state index is 13.3. The molecule has 1 aromatic carbocycles. The zero-order chi connectivity index (χ0) is 9.42. The third-order valence-electron chi connectivity index (χ3n) is 1.89. The lowest BCUT2D eigenvalue weighted by molar-refractivity contribution is 0.641. The van der Waals surface area contributed by atoms with Gasteiger partial charge in [0, 0.05) is 10.7 Å². The summed E-state index contributed by atoms with van der Waals surface area (Å²) in [6, 6.07) is 5.08. The Hall–Kier alpha value is -0.610. The van der Waals surface area contributed by atoms with Crippen LogP contribution in [0.1, 0.15) is 5.56 Å². The van der Waals surface area contributed by atoms with Crippen LogP contribution in [0, 0.1) is 5.82 Å². The molecular weight excluding hydrogens is 253 g/mol. The standard InChI is InChI=1S/C9H7BrFNS/c10-4-5-1-2-7(11)9-6(5)3-8(12)13-9/h1-3H,4,12H2. The summed E-state index contributed by atoms with van der Waals surface area (Å²) >= 11 is 4.64. The van der Waals surface area contributed by atoms with Gasteiger partial charge in [-0.2, -0.15) is 0 Å². The number of rotatable bonds is 1. The molecule has 1 aromatic heterocycles. The molecule has 1 nitrogen and oxygen atoms in total. The van der Waals surface area contributed by atoms with E-state index < -0.39 is 0 Å². The van der Waals surface area contributed by atoms with Gasteiger partial charge >= 0.3 is 0 Å². The number of thiophene rings is 1. The van der Waals surface area contributed by atoms with Gasteiger partial charge in [0.15, 0.2) is 0 Å². The molecule has 0 atom stereocenters. The third-order valence-corrected chi connectivity index (χ3v) is 3.47. The smallest absolute Gasteiger partial charge is 0.141 e. The van der Waals surface area contributed by atoms with Crippen molar-refractivity contribution in [1.29, 1.82) is 0 Å². The van der Waals surface area contributed by atoms with Gasteiger partial charge in [-0.3, -0.25) is 0 Å². The van der Waals surface area contributed by atoms with E-state index in [9.17, 15) is 4.39 Å². The van der Waals surface area contributed by atoms with Crippen molar-refractivity contribution in [2.75, 3.05) is 5.73 Å². The Balaban J connectivity index is 2.83. The van der Waals surface area contributed by atoms with Crippen LogP contribution in [0.15, 0.2) is 18.2 Å². The van der Waals surface area contributed by atoms with Gasteiger partial charge in [-0.1, -0.05) is 22.0 Å². The third kappa shape index (κ3) is 1.44. The van der Waals surface area contributed by atoms with Crippen molar-refractivity contribution in [3.8, 4) is 0 Å². The average Bonchev–Trinajstić information content (AvgIpc) is 2.48. The van der Waals surface area contributed by atoms with Gasteiger partial charge in [0.1, 0.15) is 5.82 Å². The highest BCUT2D eigenvalue weighted by atomic mass is 79.9.